The van der Waals surface area contributed by atoms with Crippen molar-refractivity contribution < 1.29 is 18.3 Å². The van der Waals surface area contributed by atoms with Crippen LogP contribution in [0.2, 0.25) is 0 Å². The van der Waals surface area contributed by atoms with Crippen LogP contribution in [0.25, 0.3) is 11.1 Å². The number of anilines is 1. The van der Waals surface area contributed by atoms with E-state index in [4.69, 9.17) is 4.74 Å². The summed E-state index contributed by atoms with van der Waals surface area (Å²) >= 11 is 1.99. The van der Waals surface area contributed by atoms with Crippen LogP contribution in [0.4, 0.5) is 14.5 Å². The first-order chi connectivity index (χ1) is 10.4. The number of hydrogen-bond donors (Lipinski definition) is 1. The van der Waals surface area contributed by atoms with Crippen LogP contribution in [-0.4, -0.2) is 12.5 Å². The average molecular weight is 433 g/mol. The van der Waals surface area contributed by atoms with Crippen molar-refractivity contribution in [3.05, 3.63) is 39.0 Å². The second-order valence-corrected chi connectivity index (χ2v) is 6.56. The van der Waals surface area contributed by atoms with Crippen molar-refractivity contribution in [1.82, 2.24) is 0 Å². The number of benzene rings is 2. The van der Waals surface area contributed by atoms with Crippen molar-refractivity contribution in [3.63, 3.8) is 0 Å². The number of fused-ring (bicyclic) bond motifs is 1. The lowest BCUT2D eigenvalue weighted by Crippen LogP contribution is -2.25. The summed E-state index contributed by atoms with van der Waals surface area (Å²) < 4.78 is 34.3. The molecule has 3 nitrogen and oxygen atoms in total. The van der Waals surface area contributed by atoms with Crippen LogP contribution in [0.3, 0.4) is 0 Å². The van der Waals surface area contributed by atoms with Crippen LogP contribution in [0.15, 0.2) is 18.2 Å². The molecule has 7 heteroatoms. The maximum Gasteiger partial charge on any atom is 0.262 e. The van der Waals surface area contributed by atoms with E-state index >= 15 is 0 Å². The van der Waals surface area contributed by atoms with E-state index in [-0.39, 0.29) is 23.6 Å². The highest BCUT2D eigenvalue weighted by molar-refractivity contribution is 14.1. The predicted molar refractivity (Wildman–Crippen MR) is 92.7 cm³/mol. The van der Waals surface area contributed by atoms with Gasteiger partial charge in [-0.2, -0.15) is 0 Å². The molecule has 1 aliphatic heterocycles. The largest absolute Gasteiger partial charge is 0.482 e. The fourth-order valence-electron chi connectivity index (χ4n) is 2.32. The molecule has 3 rings (SSSR count). The quantitative estimate of drug-likeness (QED) is 0.426. The lowest BCUT2D eigenvalue weighted by atomic mass is 10.0. The second kappa shape index (κ2) is 5.74. The fraction of sp³-hybridized carbons (Fsp3) is 0.133. The Labute approximate surface area is 141 Å². The van der Waals surface area contributed by atoms with Crippen molar-refractivity contribution in [2.45, 2.75) is 6.92 Å². The van der Waals surface area contributed by atoms with Gasteiger partial charge in [0.2, 0.25) is 0 Å². The molecule has 1 amide bonds. The van der Waals surface area contributed by atoms with Gasteiger partial charge in [0.25, 0.3) is 5.91 Å². The van der Waals surface area contributed by atoms with Crippen molar-refractivity contribution in [2.24, 2.45) is 0 Å². The molecule has 0 saturated carbocycles. The summed E-state index contributed by atoms with van der Waals surface area (Å²) in [6, 6.07) is 4.87. The third-order valence-corrected chi connectivity index (χ3v) is 6.03. The van der Waals surface area contributed by atoms with Gasteiger partial charge in [-0.3, -0.25) is 4.79 Å². The normalized spacial score (nSPS) is 13.4. The van der Waals surface area contributed by atoms with Gasteiger partial charge >= 0.3 is 0 Å². The summed E-state index contributed by atoms with van der Waals surface area (Å²) in [5.74, 6) is -1.52. The van der Waals surface area contributed by atoms with Crippen molar-refractivity contribution in [2.75, 3.05) is 11.9 Å². The van der Waals surface area contributed by atoms with Gasteiger partial charge in [-0.05, 0) is 52.5 Å². The molecule has 0 aromatic heterocycles. The highest BCUT2D eigenvalue weighted by atomic mass is 127. The molecule has 2 aromatic rings. The Hall–Kier alpha value is -1.27. The van der Waals surface area contributed by atoms with Crippen LogP contribution in [0, 0.1) is 22.1 Å². The SMILES string of the molecule is Cc1c(F)c(F)c(-c2ccc3c(c2)NC(=O)CO3)c(P)c1I. The van der Waals surface area contributed by atoms with Gasteiger partial charge in [0.05, 0.1) is 5.69 Å². The molecule has 2 aromatic carbocycles. The van der Waals surface area contributed by atoms with Crippen LogP contribution in [0.1, 0.15) is 5.56 Å². The maximum absolute atomic E-state index is 14.4. The van der Waals surface area contributed by atoms with Gasteiger partial charge < -0.3 is 10.1 Å². The number of ether oxygens (including phenoxy) is 1. The molecule has 0 fully saturated rings. The monoisotopic (exact) mass is 433 g/mol. The molecule has 0 spiro atoms. The maximum atomic E-state index is 14.4. The number of halogens is 3. The molecule has 0 saturated heterocycles. The zero-order valence-electron chi connectivity index (χ0n) is 11.5. The van der Waals surface area contributed by atoms with E-state index in [1.165, 1.54) is 0 Å². The summed E-state index contributed by atoms with van der Waals surface area (Å²) in [5.41, 5.74) is 1.37. The minimum atomic E-state index is -0.897. The van der Waals surface area contributed by atoms with Crippen LogP contribution < -0.4 is 15.4 Å². The Kier molecular flexibility index (Phi) is 4.07. The minimum absolute atomic E-state index is 0.0490. The third-order valence-electron chi connectivity index (χ3n) is 3.48. The van der Waals surface area contributed by atoms with E-state index in [0.29, 0.717) is 25.9 Å². The summed E-state index contributed by atoms with van der Waals surface area (Å²) in [5, 5.41) is 3.24. The summed E-state index contributed by atoms with van der Waals surface area (Å²) in [7, 11) is 2.45. The van der Waals surface area contributed by atoms with Crippen molar-refractivity contribution >= 4 is 48.7 Å². The molecule has 0 radical (unpaired) electrons. The van der Waals surface area contributed by atoms with E-state index in [9.17, 15) is 13.6 Å². The number of nitrogens with one attached hydrogen (secondary N) is 1. The Bertz CT molecular complexity index is 782. The predicted octanol–water partition coefficient (Wildman–Crippen LogP) is 3.38. The molecule has 1 N–H and O–H groups in total. The number of rotatable bonds is 1. The standard InChI is InChI=1S/C15H11F2INO2P/c1-6-12(16)13(17)11(15(22)14(6)18)7-2-3-9-8(4-7)19-10(20)5-21-9/h2-4H,5,22H2,1H3,(H,19,20). The minimum Gasteiger partial charge on any atom is -0.482 e. The van der Waals surface area contributed by atoms with E-state index in [2.05, 4.69) is 14.6 Å². The molecule has 1 heterocycles. The highest BCUT2D eigenvalue weighted by Crippen LogP contribution is 2.35. The highest BCUT2D eigenvalue weighted by Gasteiger charge is 2.22. The Morgan fingerprint density at radius 3 is 2.77 bits per heavy atom. The zero-order chi connectivity index (χ0) is 16.0. The molecule has 1 aliphatic rings. The molecule has 22 heavy (non-hydrogen) atoms. The first kappa shape index (κ1) is 15.6. The summed E-state index contributed by atoms with van der Waals surface area (Å²) in [6.07, 6.45) is 0. The zero-order valence-corrected chi connectivity index (χ0v) is 14.8. The second-order valence-electron chi connectivity index (χ2n) is 4.90. The number of carbonyl (C=O) groups excluding carboxylic acids is 1. The lowest BCUT2D eigenvalue weighted by molar-refractivity contribution is -0.118. The molecule has 1 unspecified atom stereocenters. The van der Waals surface area contributed by atoms with Crippen LogP contribution >= 0.6 is 31.8 Å². The van der Waals surface area contributed by atoms with Gasteiger partial charge in [0.15, 0.2) is 18.2 Å². The molecule has 0 aliphatic carbocycles. The van der Waals surface area contributed by atoms with E-state index in [0.717, 1.165) is 0 Å². The smallest absolute Gasteiger partial charge is 0.262 e. The first-order valence-corrected chi connectivity index (χ1v) is 8.05. The molecule has 1 atom stereocenters. The Morgan fingerprint density at radius 2 is 2.05 bits per heavy atom. The number of amides is 1. The molecule has 114 valence electrons. The molecule has 0 bridgehead atoms. The molecular formula is C15H11F2INO2P. The number of carbonyl (C=O) groups is 1. The Morgan fingerprint density at radius 1 is 1.32 bits per heavy atom. The summed E-state index contributed by atoms with van der Waals surface area (Å²) in [4.78, 5) is 11.4. The first-order valence-electron chi connectivity index (χ1n) is 6.39. The third kappa shape index (κ3) is 2.48. The van der Waals surface area contributed by atoms with E-state index < -0.39 is 11.6 Å². The number of hydrogen-bond acceptors (Lipinski definition) is 2. The van der Waals surface area contributed by atoms with Gasteiger partial charge in [-0.1, -0.05) is 6.07 Å². The average Bonchev–Trinajstić information content (AvgIpc) is 2.51. The van der Waals surface area contributed by atoms with Gasteiger partial charge in [-0.15, -0.1) is 9.24 Å². The Balaban J connectivity index is 2.21. The van der Waals surface area contributed by atoms with Crippen LogP contribution in [0.5, 0.6) is 5.75 Å². The van der Waals surface area contributed by atoms with E-state index in [1.54, 1.807) is 25.1 Å². The fourth-order valence-corrected chi connectivity index (χ4v) is 3.34. The van der Waals surface area contributed by atoms with Crippen molar-refractivity contribution in [1.29, 1.82) is 0 Å². The van der Waals surface area contributed by atoms with Gasteiger partial charge in [0, 0.05) is 14.7 Å². The van der Waals surface area contributed by atoms with Crippen molar-refractivity contribution in [3.8, 4) is 16.9 Å². The van der Waals surface area contributed by atoms with Gasteiger partial charge in [0.1, 0.15) is 5.75 Å². The lowest BCUT2D eigenvalue weighted by Gasteiger charge is -2.20. The topological polar surface area (TPSA) is 38.3 Å². The summed E-state index contributed by atoms with van der Waals surface area (Å²) in [6.45, 7) is 1.49. The van der Waals surface area contributed by atoms with E-state index in [1.807, 2.05) is 22.6 Å². The van der Waals surface area contributed by atoms with Crippen LogP contribution in [-0.2, 0) is 4.79 Å². The molecular weight excluding hydrogens is 422 g/mol. The van der Waals surface area contributed by atoms with Gasteiger partial charge in [-0.25, -0.2) is 8.78 Å².